The van der Waals surface area contributed by atoms with Gasteiger partial charge in [0.1, 0.15) is 5.75 Å². The van der Waals surface area contributed by atoms with Gasteiger partial charge in [0.25, 0.3) is 0 Å². The minimum Gasteiger partial charge on any atom is -0.406 e. The lowest BCUT2D eigenvalue weighted by molar-refractivity contribution is -0.274. The molecule has 0 aliphatic rings. The zero-order chi connectivity index (χ0) is 15.6. The number of halogens is 5. The van der Waals surface area contributed by atoms with Gasteiger partial charge in [-0.05, 0) is 29.8 Å². The number of benzene rings is 2. The van der Waals surface area contributed by atoms with Gasteiger partial charge in [0.05, 0.1) is 10.0 Å². The molecule has 0 aliphatic carbocycles. The Morgan fingerprint density at radius 3 is 2.43 bits per heavy atom. The second-order valence-corrected chi connectivity index (χ2v) is 4.82. The summed E-state index contributed by atoms with van der Waals surface area (Å²) >= 11 is 12.0. The van der Waals surface area contributed by atoms with Crippen LogP contribution in [0.5, 0.6) is 5.75 Å². The maximum absolute atomic E-state index is 12.3. The Morgan fingerprint density at radius 2 is 1.81 bits per heavy atom. The van der Waals surface area contributed by atoms with Crippen molar-refractivity contribution in [3.63, 3.8) is 0 Å². The lowest BCUT2D eigenvalue weighted by Gasteiger charge is -2.12. The quantitative estimate of drug-likeness (QED) is 0.657. The molecule has 1 nitrogen and oxygen atoms in total. The smallest absolute Gasteiger partial charge is 0.406 e. The number of hydrogen-bond acceptors (Lipinski definition) is 1. The molecule has 0 heterocycles. The van der Waals surface area contributed by atoms with Crippen molar-refractivity contribution in [2.24, 2.45) is 0 Å². The molecule has 21 heavy (non-hydrogen) atoms. The molecule has 2 aromatic rings. The van der Waals surface area contributed by atoms with Crippen LogP contribution in [-0.2, 0) is 0 Å². The van der Waals surface area contributed by atoms with Gasteiger partial charge in [0.2, 0.25) is 0 Å². The standard InChI is InChI=1S/C15H7Cl2F3O/c1-2-9-6-10(8-11(7-9)21-15(18,19)20)12-4-3-5-13(16)14(12)17/h1,3-8H. The lowest BCUT2D eigenvalue weighted by atomic mass is 10.0. The van der Waals surface area contributed by atoms with E-state index in [0.29, 0.717) is 16.1 Å². The molecule has 0 bridgehead atoms. The van der Waals surface area contributed by atoms with Gasteiger partial charge in [-0.1, -0.05) is 41.3 Å². The van der Waals surface area contributed by atoms with Crippen molar-refractivity contribution >= 4 is 23.2 Å². The summed E-state index contributed by atoms with van der Waals surface area (Å²) in [4.78, 5) is 0. The summed E-state index contributed by atoms with van der Waals surface area (Å²) in [6.07, 6.45) is 0.449. The van der Waals surface area contributed by atoms with Crippen molar-refractivity contribution in [2.75, 3.05) is 0 Å². The minimum atomic E-state index is -4.80. The van der Waals surface area contributed by atoms with E-state index in [1.807, 2.05) is 0 Å². The monoisotopic (exact) mass is 330 g/mol. The van der Waals surface area contributed by atoms with Crippen LogP contribution in [0.15, 0.2) is 36.4 Å². The molecule has 0 saturated carbocycles. The second-order valence-electron chi connectivity index (χ2n) is 4.04. The highest BCUT2D eigenvalue weighted by atomic mass is 35.5. The average molecular weight is 331 g/mol. The highest BCUT2D eigenvalue weighted by Crippen LogP contribution is 2.36. The van der Waals surface area contributed by atoms with E-state index in [4.69, 9.17) is 29.6 Å². The van der Waals surface area contributed by atoms with Crippen molar-refractivity contribution < 1.29 is 17.9 Å². The van der Waals surface area contributed by atoms with Gasteiger partial charge in [-0.3, -0.25) is 0 Å². The van der Waals surface area contributed by atoms with Gasteiger partial charge < -0.3 is 4.74 Å². The minimum absolute atomic E-state index is 0.228. The highest BCUT2D eigenvalue weighted by molar-refractivity contribution is 6.43. The topological polar surface area (TPSA) is 9.23 Å². The predicted octanol–water partition coefficient (Wildman–Crippen LogP) is 5.54. The zero-order valence-corrected chi connectivity index (χ0v) is 11.9. The first-order valence-electron chi connectivity index (χ1n) is 5.62. The van der Waals surface area contributed by atoms with Crippen LogP contribution in [0.4, 0.5) is 13.2 Å². The van der Waals surface area contributed by atoms with Crippen molar-refractivity contribution in [3.05, 3.63) is 52.0 Å². The number of alkyl halides is 3. The fraction of sp³-hybridized carbons (Fsp3) is 0.0667. The van der Waals surface area contributed by atoms with Gasteiger partial charge >= 0.3 is 6.36 Å². The van der Waals surface area contributed by atoms with Crippen LogP contribution < -0.4 is 4.74 Å². The Balaban J connectivity index is 2.56. The van der Waals surface area contributed by atoms with Crippen molar-refractivity contribution in [1.29, 1.82) is 0 Å². The molecule has 0 spiro atoms. The van der Waals surface area contributed by atoms with E-state index in [1.54, 1.807) is 18.2 Å². The molecule has 6 heteroatoms. The number of terminal acetylenes is 1. The van der Waals surface area contributed by atoms with Crippen molar-refractivity contribution in [2.45, 2.75) is 6.36 Å². The first kappa shape index (κ1) is 15.6. The Labute approximate surface area is 129 Å². The van der Waals surface area contributed by atoms with Crippen LogP contribution in [0.2, 0.25) is 10.0 Å². The molecule has 0 radical (unpaired) electrons. The van der Waals surface area contributed by atoms with E-state index >= 15 is 0 Å². The summed E-state index contributed by atoms with van der Waals surface area (Å²) in [6, 6.07) is 8.69. The second kappa shape index (κ2) is 5.88. The molecule has 0 unspecified atom stereocenters. The van der Waals surface area contributed by atoms with Crippen LogP contribution in [-0.4, -0.2) is 6.36 Å². The molecule has 2 rings (SSSR count). The molecule has 0 aliphatic heterocycles. The van der Waals surface area contributed by atoms with Crippen molar-refractivity contribution in [3.8, 4) is 29.2 Å². The third kappa shape index (κ3) is 3.84. The third-order valence-corrected chi connectivity index (χ3v) is 3.39. The Bertz CT molecular complexity index is 718. The Kier molecular flexibility index (Phi) is 4.36. The number of rotatable bonds is 2. The van der Waals surface area contributed by atoms with Gasteiger partial charge in [0.15, 0.2) is 0 Å². The van der Waals surface area contributed by atoms with Crippen molar-refractivity contribution in [1.82, 2.24) is 0 Å². The largest absolute Gasteiger partial charge is 0.573 e. The van der Waals surface area contributed by atoms with Gasteiger partial charge in [-0.2, -0.15) is 0 Å². The van der Waals surface area contributed by atoms with E-state index in [0.717, 1.165) is 6.07 Å². The predicted molar refractivity (Wildman–Crippen MR) is 76.5 cm³/mol. The molecule has 2 aromatic carbocycles. The third-order valence-electron chi connectivity index (χ3n) is 2.57. The summed E-state index contributed by atoms with van der Waals surface area (Å²) in [6.45, 7) is 0. The lowest BCUT2D eigenvalue weighted by Crippen LogP contribution is -2.17. The first-order valence-corrected chi connectivity index (χ1v) is 6.37. The molecule has 0 fully saturated rings. The fourth-order valence-corrected chi connectivity index (χ4v) is 2.17. The molecule has 0 saturated heterocycles. The van der Waals surface area contributed by atoms with Crippen LogP contribution in [0, 0.1) is 12.3 Å². The first-order chi connectivity index (χ1) is 9.80. The molecule has 0 atom stereocenters. The molecule has 0 amide bonds. The Hall–Kier alpha value is -1.83. The summed E-state index contributed by atoms with van der Waals surface area (Å²) in [5.41, 5.74) is 1.09. The normalized spacial score (nSPS) is 11.0. The summed E-state index contributed by atoms with van der Waals surface area (Å²) in [5, 5.41) is 0.518. The van der Waals surface area contributed by atoms with Crippen LogP contribution >= 0.6 is 23.2 Å². The van der Waals surface area contributed by atoms with E-state index in [-0.39, 0.29) is 10.6 Å². The zero-order valence-electron chi connectivity index (χ0n) is 10.3. The van der Waals surface area contributed by atoms with Crippen LogP contribution in [0.1, 0.15) is 5.56 Å². The van der Waals surface area contributed by atoms with E-state index < -0.39 is 12.1 Å². The number of ether oxygens (including phenoxy) is 1. The Morgan fingerprint density at radius 1 is 1.10 bits per heavy atom. The number of hydrogen-bond donors (Lipinski definition) is 0. The SMILES string of the molecule is C#Cc1cc(OC(F)(F)F)cc(-c2cccc(Cl)c2Cl)c1. The van der Waals surface area contributed by atoms with E-state index in [9.17, 15) is 13.2 Å². The van der Waals surface area contributed by atoms with E-state index in [1.165, 1.54) is 12.1 Å². The molecule has 108 valence electrons. The maximum atomic E-state index is 12.3. The molecular formula is C15H7Cl2F3O. The summed E-state index contributed by atoms with van der Waals surface area (Å²) in [5.74, 6) is 1.86. The van der Waals surface area contributed by atoms with Gasteiger partial charge in [-0.25, -0.2) is 0 Å². The average Bonchev–Trinajstić information content (AvgIpc) is 2.39. The summed E-state index contributed by atoms with van der Waals surface area (Å²) < 4.78 is 40.9. The van der Waals surface area contributed by atoms with Crippen LogP contribution in [0.25, 0.3) is 11.1 Å². The van der Waals surface area contributed by atoms with Gasteiger partial charge in [0, 0.05) is 11.1 Å². The molecule has 0 aromatic heterocycles. The van der Waals surface area contributed by atoms with Gasteiger partial charge in [-0.15, -0.1) is 19.6 Å². The van der Waals surface area contributed by atoms with Crippen LogP contribution in [0.3, 0.4) is 0 Å². The maximum Gasteiger partial charge on any atom is 0.573 e. The highest BCUT2D eigenvalue weighted by Gasteiger charge is 2.31. The molecular weight excluding hydrogens is 324 g/mol. The fourth-order valence-electron chi connectivity index (χ4n) is 1.76. The molecule has 0 N–H and O–H groups in total. The summed E-state index contributed by atoms with van der Waals surface area (Å²) in [7, 11) is 0. The van der Waals surface area contributed by atoms with E-state index in [2.05, 4.69) is 10.7 Å².